The number of alkyl halides is 5. The van der Waals surface area contributed by atoms with Crippen LogP contribution >= 0.6 is 0 Å². The van der Waals surface area contributed by atoms with Gasteiger partial charge >= 0.3 is 6.18 Å². The highest BCUT2D eigenvalue weighted by molar-refractivity contribution is 5.92. The van der Waals surface area contributed by atoms with Gasteiger partial charge in [-0.15, -0.1) is 0 Å². The summed E-state index contributed by atoms with van der Waals surface area (Å²) >= 11 is 0. The molecule has 2 aliphatic carbocycles. The van der Waals surface area contributed by atoms with Crippen molar-refractivity contribution < 1.29 is 36.3 Å². The molecule has 0 unspecified atom stereocenters. The molecule has 5 fully saturated rings. The van der Waals surface area contributed by atoms with Crippen LogP contribution in [0.5, 0.6) is 0 Å². The first-order chi connectivity index (χ1) is 22.3. The van der Waals surface area contributed by atoms with Crippen LogP contribution in [0.15, 0.2) is 18.5 Å². The third kappa shape index (κ3) is 6.08. The van der Waals surface area contributed by atoms with Crippen LogP contribution < -0.4 is 10.6 Å². The van der Waals surface area contributed by atoms with E-state index in [1.54, 1.807) is 12.3 Å². The summed E-state index contributed by atoms with van der Waals surface area (Å²) < 4.78 is 78.0. The van der Waals surface area contributed by atoms with Gasteiger partial charge in [0.15, 0.2) is 0 Å². The Kier molecular flexibility index (Phi) is 7.99. The fraction of sp³-hybridized carbons (Fsp3) is 0.677. The molecule has 3 aromatic rings. The van der Waals surface area contributed by atoms with Crippen molar-refractivity contribution in [2.45, 2.75) is 88.4 Å². The molecule has 16 heteroatoms. The van der Waals surface area contributed by atoms with Gasteiger partial charge in [0.05, 0.1) is 41.8 Å². The Labute approximate surface area is 267 Å². The third-order valence-corrected chi connectivity index (χ3v) is 10.4. The summed E-state index contributed by atoms with van der Waals surface area (Å²) in [4.78, 5) is 35.9. The summed E-state index contributed by atoms with van der Waals surface area (Å²) in [7, 11) is 0. The molecule has 2 bridgehead atoms. The fourth-order valence-corrected chi connectivity index (χ4v) is 7.93. The minimum Gasteiger partial charge on any atom is -0.380 e. The first-order valence-electron chi connectivity index (χ1n) is 16.2. The van der Waals surface area contributed by atoms with E-state index < -0.39 is 53.8 Å². The van der Waals surface area contributed by atoms with Crippen LogP contribution in [0.2, 0.25) is 0 Å². The van der Waals surface area contributed by atoms with E-state index >= 15 is 0 Å². The maximum absolute atomic E-state index is 14.2. The van der Waals surface area contributed by atoms with Crippen molar-refractivity contribution in [3.8, 4) is 0 Å². The largest absolute Gasteiger partial charge is 0.393 e. The molecule has 11 nitrogen and oxygen atoms in total. The van der Waals surface area contributed by atoms with Gasteiger partial charge in [-0.1, -0.05) is 0 Å². The number of aryl methyl sites for hydroxylation is 1. The number of hydrogen-bond acceptors (Lipinski definition) is 7. The number of ether oxygens (including phenoxy) is 1. The summed E-state index contributed by atoms with van der Waals surface area (Å²) in [5, 5.41) is 14.4. The number of nitrogens with zero attached hydrogens (tertiary/aromatic N) is 6. The molecule has 2 amide bonds. The molecule has 0 aromatic carbocycles. The SMILES string of the molecule is CCn1nccc1C(=O)N[C@H](c1cn2nc(C[C@H]3C[C@@H](C(F)(F)F)CNC3=O)c(C34COCC(C3)C4)nc2n1)C1CCC(F)(F)CC1. The lowest BCUT2D eigenvalue weighted by atomic mass is 9.58. The van der Waals surface area contributed by atoms with Gasteiger partial charge in [-0.25, -0.2) is 23.3 Å². The van der Waals surface area contributed by atoms with Crippen LogP contribution in [0.4, 0.5) is 22.0 Å². The Morgan fingerprint density at radius 3 is 2.66 bits per heavy atom. The van der Waals surface area contributed by atoms with E-state index in [1.807, 2.05) is 6.92 Å². The number of halogens is 5. The normalized spacial score (nSPS) is 28.5. The van der Waals surface area contributed by atoms with E-state index in [-0.39, 0.29) is 50.2 Å². The highest BCUT2D eigenvalue weighted by atomic mass is 19.4. The van der Waals surface area contributed by atoms with Crippen molar-refractivity contribution >= 4 is 17.6 Å². The Morgan fingerprint density at radius 1 is 1.21 bits per heavy atom. The van der Waals surface area contributed by atoms with Crippen molar-refractivity contribution in [3.63, 3.8) is 0 Å². The molecule has 254 valence electrons. The van der Waals surface area contributed by atoms with E-state index in [0.717, 1.165) is 12.8 Å². The van der Waals surface area contributed by atoms with Crippen molar-refractivity contribution in [1.29, 1.82) is 0 Å². The maximum Gasteiger partial charge on any atom is 0.393 e. The Balaban J connectivity index is 1.25. The number of amides is 2. The molecule has 0 radical (unpaired) electrons. The minimum atomic E-state index is -4.45. The topological polar surface area (TPSA) is 128 Å². The number of nitrogens with one attached hydrogen (secondary N) is 2. The number of rotatable bonds is 8. The zero-order valence-corrected chi connectivity index (χ0v) is 25.9. The number of carbonyl (C=O) groups is 2. The first-order valence-corrected chi connectivity index (χ1v) is 16.2. The van der Waals surface area contributed by atoms with Gasteiger partial charge in [0.1, 0.15) is 5.69 Å². The van der Waals surface area contributed by atoms with Gasteiger partial charge in [0.25, 0.3) is 11.7 Å². The van der Waals surface area contributed by atoms with Crippen molar-refractivity contribution in [2.75, 3.05) is 19.8 Å². The maximum atomic E-state index is 14.2. The predicted molar refractivity (Wildman–Crippen MR) is 155 cm³/mol. The van der Waals surface area contributed by atoms with Crippen LogP contribution in [0.3, 0.4) is 0 Å². The molecule has 5 aliphatic rings. The highest BCUT2D eigenvalue weighted by Crippen LogP contribution is 2.52. The lowest BCUT2D eigenvalue weighted by Crippen LogP contribution is -2.53. The number of aromatic nitrogens is 6. The van der Waals surface area contributed by atoms with Crippen LogP contribution in [0.25, 0.3) is 5.78 Å². The molecular formula is C31H37F5N8O3. The summed E-state index contributed by atoms with van der Waals surface area (Å²) in [6.45, 7) is 2.84. The van der Waals surface area contributed by atoms with Gasteiger partial charge < -0.3 is 15.4 Å². The quantitative estimate of drug-likeness (QED) is 0.346. The molecule has 3 saturated heterocycles. The van der Waals surface area contributed by atoms with Gasteiger partial charge in [-0.05, 0) is 56.9 Å². The van der Waals surface area contributed by atoms with Gasteiger partial charge in [-0.3, -0.25) is 14.3 Å². The number of imidazole rings is 1. The summed E-state index contributed by atoms with van der Waals surface area (Å²) in [6.07, 6.45) is -0.506. The average molecular weight is 665 g/mol. The average Bonchev–Trinajstić information content (AvgIpc) is 3.67. The first kappa shape index (κ1) is 31.9. The summed E-state index contributed by atoms with van der Waals surface area (Å²) in [5.41, 5.74) is 1.18. The third-order valence-electron chi connectivity index (χ3n) is 10.4. The van der Waals surface area contributed by atoms with E-state index in [4.69, 9.17) is 19.8 Å². The van der Waals surface area contributed by atoms with Gasteiger partial charge in [0, 0.05) is 56.5 Å². The van der Waals surface area contributed by atoms with E-state index in [1.165, 1.54) is 15.4 Å². The van der Waals surface area contributed by atoms with Gasteiger partial charge in [-0.2, -0.15) is 23.4 Å². The Bertz CT molecular complexity index is 1650. The van der Waals surface area contributed by atoms with Crippen LogP contribution in [0.1, 0.15) is 85.5 Å². The van der Waals surface area contributed by atoms with Gasteiger partial charge in [0.2, 0.25) is 11.8 Å². The fourth-order valence-electron chi connectivity index (χ4n) is 7.93. The summed E-state index contributed by atoms with van der Waals surface area (Å²) in [5.74, 6) is -6.09. The van der Waals surface area contributed by atoms with E-state index in [0.29, 0.717) is 48.5 Å². The lowest BCUT2D eigenvalue weighted by molar-refractivity contribution is -0.183. The second-order valence-corrected chi connectivity index (χ2v) is 13.7. The molecule has 2 saturated carbocycles. The summed E-state index contributed by atoms with van der Waals surface area (Å²) in [6, 6.07) is 0.841. The standard InChI is InChI=1S/C31H37F5N8O3/c1-2-43-23(5-8-38-43)27(46)40-24(18-3-6-30(32,33)7-4-18)22-14-44-28(39-22)41-25(29-11-17(12-29)15-47-16-29)21(42-44)10-19-9-20(31(34,35)36)13-37-26(19)45/h5,8,14,17-20,24H,2-4,6-7,9-13,15-16H2,1H3,(H,37,45)(H,40,46)/t17?,19-,20-,24+,29?/m1/s1. The lowest BCUT2D eigenvalue weighted by Gasteiger charge is -2.51. The molecule has 6 heterocycles. The Morgan fingerprint density at radius 2 is 1.98 bits per heavy atom. The zero-order chi connectivity index (χ0) is 33.1. The molecule has 8 rings (SSSR count). The van der Waals surface area contributed by atoms with E-state index in [2.05, 4.69) is 15.7 Å². The number of piperidine rings is 1. The molecule has 3 atom stereocenters. The number of fused-ring (bicyclic) bond motifs is 3. The van der Waals surface area contributed by atoms with Crippen molar-refractivity contribution in [1.82, 2.24) is 40.0 Å². The van der Waals surface area contributed by atoms with Crippen LogP contribution in [0, 0.1) is 23.7 Å². The monoisotopic (exact) mass is 664 g/mol. The molecule has 47 heavy (non-hydrogen) atoms. The molecule has 0 spiro atoms. The van der Waals surface area contributed by atoms with Crippen LogP contribution in [-0.2, 0) is 27.9 Å². The molecular weight excluding hydrogens is 627 g/mol. The zero-order valence-electron chi connectivity index (χ0n) is 25.9. The number of carbonyl (C=O) groups excluding carboxylic acids is 2. The Hall–Kier alpha value is -3.69. The minimum absolute atomic E-state index is 0.0461. The number of hydrogen-bond donors (Lipinski definition) is 2. The van der Waals surface area contributed by atoms with Crippen molar-refractivity contribution in [2.24, 2.45) is 23.7 Å². The molecule has 3 aliphatic heterocycles. The second kappa shape index (κ2) is 11.8. The molecule has 3 aromatic heterocycles. The predicted octanol–water partition coefficient (Wildman–Crippen LogP) is 4.17. The smallest absolute Gasteiger partial charge is 0.380 e. The highest BCUT2D eigenvalue weighted by Gasteiger charge is 2.52. The van der Waals surface area contributed by atoms with Crippen LogP contribution in [-0.4, -0.2) is 73.0 Å². The van der Waals surface area contributed by atoms with Crippen molar-refractivity contribution in [3.05, 3.63) is 41.2 Å². The second-order valence-electron chi connectivity index (χ2n) is 13.7. The van der Waals surface area contributed by atoms with E-state index in [9.17, 15) is 31.5 Å². The molecule has 2 N–H and O–H groups in total.